The van der Waals surface area contributed by atoms with Gasteiger partial charge in [-0.25, -0.2) is 0 Å². The second-order valence-electron chi connectivity index (χ2n) is 1.83. The molecule has 2 N–H and O–H groups in total. The normalized spacial score (nSPS) is 9.14. The molecule has 0 aliphatic rings. The number of carbonyl (C=O) groups excluding carboxylic acids is 1. The van der Waals surface area contributed by atoms with Crippen LogP contribution in [-0.4, -0.2) is 13.1 Å². The highest BCUT2D eigenvalue weighted by molar-refractivity contribution is 6.71. The van der Waals surface area contributed by atoms with Crippen molar-refractivity contribution in [1.29, 1.82) is 0 Å². The van der Waals surface area contributed by atoms with E-state index in [1.807, 2.05) is 13.8 Å². The first-order valence-corrected chi connectivity index (χ1v) is 2.41. The molecular weight excluding hydrogens is 88.9 g/mol. The van der Waals surface area contributed by atoms with Crippen LogP contribution >= 0.6 is 0 Å². The lowest BCUT2D eigenvalue weighted by Gasteiger charge is -1.94. The second-order valence-corrected chi connectivity index (χ2v) is 1.83. The largest absolute Gasteiger partial charge is 0.366 e. The number of hydrogen-bond acceptors (Lipinski definition) is 2. The van der Waals surface area contributed by atoms with Crippen LogP contribution in [0.5, 0.6) is 0 Å². The minimum Gasteiger partial charge on any atom is -0.366 e. The zero-order valence-electron chi connectivity index (χ0n) is 4.77. The Balaban J connectivity index is 3.35. The van der Waals surface area contributed by atoms with Crippen LogP contribution in [0.2, 0.25) is 0 Å². The molecule has 0 spiro atoms. The van der Waals surface area contributed by atoms with Gasteiger partial charge in [0.25, 0.3) is 7.41 Å². The van der Waals surface area contributed by atoms with E-state index in [0.29, 0.717) is 0 Å². The van der Waals surface area contributed by atoms with Crippen LogP contribution in [0.1, 0.15) is 13.8 Å². The Bertz CT molecular complexity index is 72.1. The van der Waals surface area contributed by atoms with Crippen molar-refractivity contribution in [2.24, 2.45) is 11.6 Å². The lowest BCUT2D eigenvalue weighted by Crippen LogP contribution is -2.23. The van der Waals surface area contributed by atoms with Crippen LogP contribution in [0.3, 0.4) is 0 Å². The Morgan fingerprint density at radius 2 is 2.14 bits per heavy atom. The van der Waals surface area contributed by atoms with Gasteiger partial charge in [0.05, 0.1) is 0 Å². The summed E-state index contributed by atoms with van der Waals surface area (Å²) in [5.74, 6) is 0.102. The zero-order valence-corrected chi connectivity index (χ0v) is 4.77. The van der Waals surface area contributed by atoms with Gasteiger partial charge in [0.2, 0.25) is 0 Å². The molecule has 2 nitrogen and oxygen atoms in total. The molecule has 0 atom stereocenters. The predicted octanol–water partition coefficient (Wildman–Crippen LogP) is -0.521. The van der Waals surface area contributed by atoms with E-state index in [9.17, 15) is 4.79 Å². The van der Waals surface area contributed by atoms with Gasteiger partial charge in [-0.2, -0.15) is 0 Å². The van der Waals surface area contributed by atoms with E-state index in [2.05, 4.69) is 0 Å². The third-order valence-electron chi connectivity index (χ3n) is 0.845. The molecule has 0 unspecified atom stereocenters. The fourth-order valence-electron chi connectivity index (χ4n) is 0.236. The van der Waals surface area contributed by atoms with Crippen LogP contribution in [0.4, 0.5) is 0 Å². The third kappa shape index (κ3) is 2.40. The Kier molecular flexibility index (Phi) is 2.68. The van der Waals surface area contributed by atoms with Crippen molar-refractivity contribution < 1.29 is 4.79 Å². The van der Waals surface area contributed by atoms with E-state index < -0.39 is 0 Å². The Morgan fingerprint density at radius 1 is 1.71 bits per heavy atom. The maximum Gasteiger partial charge on any atom is 0.280 e. The molecule has 0 aliphatic carbocycles. The summed E-state index contributed by atoms with van der Waals surface area (Å²) in [4.78, 5) is 10.4. The average Bonchev–Trinajstić information content (AvgIpc) is 1.65. The summed E-state index contributed by atoms with van der Waals surface area (Å²) >= 11 is 0. The Hall–Kier alpha value is -0.305. The smallest absolute Gasteiger partial charge is 0.280 e. The molecular formula is C4H10BNO. The van der Waals surface area contributed by atoms with Crippen molar-refractivity contribution in [2.75, 3.05) is 0 Å². The standard InChI is InChI=1S/C4H10BNO/c1-3(2)4(7)5-6/h3,5H,6H2,1-2H3. The first-order valence-electron chi connectivity index (χ1n) is 2.41. The van der Waals surface area contributed by atoms with Crippen LogP contribution in [0, 0.1) is 5.92 Å². The molecule has 0 bridgehead atoms. The molecule has 0 saturated heterocycles. The highest BCUT2D eigenvalue weighted by atomic mass is 16.1. The molecule has 0 fully saturated rings. The molecule has 0 aromatic rings. The van der Waals surface area contributed by atoms with Crippen molar-refractivity contribution in [3.8, 4) is 0 Å². The molecule has 0 saturated carbocycles. The predicted molar refractivity (Wildman–Crippen MR) is 31.2 cm³/mol. The second kappa shape index (κ2) is 2.80. The molecule has 0 aromatic heterocycles. The number of nitrogens with two attached hydrogens (primary N) is 1. The molecule has 0 aliphatic heterocycles. The van der Waals surface area contributed by atoms with Gasteiger partial charge in [-0.3, -0.25) is 0 Å². The zero-order chi connectivity index (χ0) is 5.86. The minimum absolute atomic E-state index is 0.102. The quantitative estimate of drug-likeness (QED) is 0.473. The minimum atomic E-state index is 0.102. The summed E-state index contributed by atoms with van der Waals surface area (Å²) in [7, 11) is 0.178. The van der Waals surface area contributed by atoms with Gasteiger partial charge in [0.1, 0.15) is 5.68 Å². The molecule has 40 valence electrons. The molecule has 7 heavy (non-hydrogen) atoms. The Labute approximate surface area is 44.3 Å². The maximum absolute atomic E-state index is 10.4. The van der Waals surface area contributed by atoms with E-state index in [1.54, 1.807) is 0 Å². The van der Waals surface area contributed by atoms with Gasteiger partial charge in [-0.1, -0.05) is 13.8 Å². The molecule has 0 heterocycles. The highest BCUT2D eigenvalue weighted by Crippen LogP contribution is 1.88. The fourth-order valence-corrected chi connectivity index (χ4v) is 0.236. The monoisotopic (exact) mass is 99.1 g/mol. The number of carbonyl (C=O) groups is 1. The van der Waals surface area contributed by atoms with E-state index >= 15 is 0 Å². The van der Waals surface area contributed by atoms with Crippen LogP contribution < -0.4 is 5.64 Å². The summed E-state index contributed by atoms with van der Waals surface area (Å²) in [6.45, 7) is 3.68. The maximum atomic E-state index is 10.4. The van der Waals surface area contributed by atoms with Crippen LogP contribution in [0.15, 0.2) is 0 Å². The lowest BCUT2D eigenvalue weighted by molar-refractivity contribution is -0.114. The molecule has 0 amide bonds. The van der Waals surface area contributed by atoms with Gasteiger partial charge >= 0.3 is 0 Å². The SMILES string of the molecule is CC(C)C(=O)BN. The van der Waals surface area contributed by atoms with Gasteiger partial charge in [-0.05, 0) is 0 Å². The van der Waals surface area contributed by atoms with Crippen molar-refractivity contribution in [2.45, 2.75) is 13.8 Å². The topological polar surface area (TPSA) is 43.1 Å². The van der Waals surface area contributed by atoms with Crippen molar-refractivity contribution >= 4 is 13.1 Å². The van der Waals surface area contributed by atoms with E-state index in [0.717, 1.165) is 0 Å². The van der Waals surface area contributed by atoms with E-state index in [1.165, 1.54) is 0 Å². The summed E-state index contributed by atoms with van der Waals surface area (Å²) in [6.07, 6.45) is 0. The average molecular weight is 98.9 g/mol. The van der Waals surface area contributed by atoms with Gasteiger partial charge in [0, 0.05) is 5.92 Å². The van der Waals surface area contributed by atoms with Gasteiger partial charge < -0.3 is 10.4 Å². The molecule has 0 rings (SSSR count). The molecule has 0 radical (unpaired) electrons. The van der Waals surface area contributed by atoms with E-state index in [4.69, 9.17) is 5.64 Å². The van der Waals surface area contributed by atoms with Crippen molar-refractivity contribution in [3.05, 3.63) is 0 Å². The van der Waals surface area contributed by atoms with Crippen molar-refractivity contribution in [1.82, 2.24) is 0 Å². The first-order chi connectivity index (χ1) is 3.18. The summed E-state index contributed by atoms with van der Waals surface area (Å²) < 4.78 is 0. The first kappa shape index (κ1) is 6.69. The Morgan fingerprint density at radius 3 is 2.14 bits per heavy atom. The summed E-state index contributed by atoms with van der Waals surface area (Å²) in [5, 5.41) is 0. The molecule has 3 heteroatoms. The van der Waals surface area contributed by atoms with Gasteiger partial charge in [0.15, 0.2) is 0 Å². The van der Waals surface area contributed by atoms with Gasteiger partial charge in [-0.15, -0.1) is 0 Å². The van der Waals surface area contributed by atoms with Crippen molar-refractivity contribution in [3.63, 3.8) is 0 Å². The van der Waals surface area contributed by atoms with Crippen LogP contribution in [0.25, 0.3) is 0 Å². The third-order valence-corrected chi connectivity index (χ3v) is 0.845. The molecule has 0 aromatic carbocycles. The van der Waals surface area contributed by atoms with E-state index in [-0.39, 0.29) is 19.0 Å². The highest BCUT2D eigenvalue weighted by Gasteiger charge is 2.03. The lowest BCUT2D eigenvalue weighted by atomic mass is 9.82. The number of hydrogen-bond donors (Lipinski definition) is 1. The summed E-state index contributed by atoms with van der Waals surface area (Å²) in [6, 6.07) is 0. The number of rotatable bonds is 2. The van der Waals surface area contributed by atoms with Crippen LogP contribution in [-0.2, 0) is 4.79 Å². The fraction of sp³-hybridized carbons (Fsp3) is 0.750. The summed E-state index contributed by atoms with van der Waals surface area (Å²) in [5.41, 5.74) is 5.15.